The predicted octanol–water partition coefficient (Wildman–Crippen LogP) is -0.0354. The maximum Gasteiger partial charge on any atom is 0.239 e. The molecule has 0 fully saturated rings. The van der Waals surface area contributed by atoms with Crippen LogP contribution in [-0.2, 0) is 10.0 Å². The molecule has 0 radical (unpaired) electrons. The van der Waals surface area contributed by atoms with Crippen molar-refractivity contribution in [3.63, 3.8) is 0 Å². The molecule has 0 saturated carbocycles. The Bertz CT molecular complexity index is 403. The fraction of sp³-hybridized carbons (Fsp3) is 0. The summed E-state index contributed by atoms with van der Waals surface area (Å²) in [5, 5.41) is 4.88. The van der Waals surface area contributed by atoms with Gasteiger partial charge in [0.2, 0.25) is 10.0 Å². The fourth-order valence-corrected chi connectivity index (χ4v) is 1.30. The van der Waals surface area contributed by atoms with Gasteiger partial charge in [0.25, 0.3) is 0 Å². The Morgan fingerprint density at radius 3 is 2.50 bits per heavy atom. The molecular weight excluding hydrogens is 202 g/mol. The summed E-state index contributed by atoms with van der Waals surface area (Å²) in [6.07, 6.45) is 1.05. The van der Waals surface area contributed by atoms with Crippen molar-refractivity contribution in [2.75, 3.05) is 5.73 Å². The minimum absolute atomic E-state index is 0.0709. The van der Waals surface area contributed by atoms with Crippen molar-refractivity contribution in [2.45, 2.75) is 4.90 Å². The Labute approximate surface area is 74.4 Å². The molecule has 0 bridgehead atoms. The van der Waals surface area contributed by atoms with Gasteiger partial charge in [-0.25, -0.2) is 18.5 Å². The molecule has 0 saturated heterocycles. The summed E-state index contributed by atoms with van der Waals surface area (Å²) in [7, 11) is -3.74. The Morgan fingerprint density at radius 2 is 2.08 bits per heavy atom. The van der Waals surface area contributed by atoms with Crippen LogP contribution in [-0.4, -0.2) is 13.4 Å². The summed E-state index contributed by atoms with van der Waals surface area (Å²) in [5.74, 6) is 0.0732. The number of nitrogen functional groups attached to an aromatic ring is 1. The molecule has 0 amide bonds. The Balaban J connectivity index is 3.33. The van der Waals surface area contributed by atoms with Crippen LogP contribution in [0.5, 0.6) is 0 Å². The third-order valence-corrected chi connectivity index (χ3v) is 2.36. The average Bonchev–Trinajstić information content (AvgIpc) is 1.92. The normalized spacial score (nSPS) is 11.5. The lowest BCUT2D eigenvalue weighted by Gasteiger charge is -1.99. The summed E-state index contributed by atoms with van der Waals surface area (Å²) < 4.78 is 21.5. The molecule has 1 aromatic heterocycles. The summed E-state index contributed by atoms with van der Waals surface area (Å²) >= 11 is 5.51. The maximum atomic E-state index is 10.7. The summed E-state index contributed by atoms with van der Waals surface area (Å²) in [5.41, 5.74) is 5.25. The Kier molecular flexibility index (Phi) is 2.22. The molecule has 7 heteroatoms. The molecule has 5 nitrogen and oxygen atoms in total. The molecule has 1 aromatic rings. The van der Waals surface area contributed by atoms with Crippen LogP contribution in [0.15, 0.2) is 17.2 Å². The first-order chi connectivity index (χ1) is 5.41. The minimum Gasteiger partial charge on any atom is -0.382 e. The number of sulfonamides is 1. The van der Waals surface area contributed by atoms with Crippen molar-refractivity contribution in [3.05, 3.63) is 17.3 Å². The van der Waals surface area contributed by atoms with Gasteiger partial charge in [0.1, 0.15) is 10.7 Å². The van der Waals surface area contributed by atoms with E-state index in [1.807, 2.05) is 0 Å². The molecule has 1 heterocycles. The number of rotatable bonds is 1. The smallest absolute Gasteiger partial charge is 0.239 e. The van der Waals surface area contributed by atoms with Gasteiger partial charge in [0, 0.05) is 6.20 Å². The highest BCUT2D eigenvalue weighted by Crippen LogP contribution is 2.18. The van der Waals surface area contributed by atoms with E-state index in [0.29, 0.717) is 0 Å². The van der Waals surface area contributed by atoms with Gasteiger partial charge in [-0.15, -0.1) is 0 Å². The molecule has 0 aliphatic heterocycles. The van der Waals surface area contributed by atoms with Crippen LogP contribution in [0.25, 0.3) is 0 Å². The first kappa shape index (κ1) is 9.24. The number of halogens is 1. The van der Waals surface area contributed by atoms with Crippen LogP contribution in [0.3, 0.4) is 0 Å². The van der Waals surface area contributed by atoms with Gasteiger partial charge >= 0.3 is 0 Å². The molecule has 0 spiro atoms. The first-order valence-electron chi connectivity index (χ1n) is 2.85. The lowest BCUT2D eigenvalue weighted by atomic mass is 10.5. The lowest BCUT2D eigenvalue weighted by molar-refractivity contribution is 0.597. The summed E-state index contributed by atoms with van der Waals surface area (Å²) in [6, 6.07) is 1.15. The highest BCUT2D eigenvalue weighted by Gasteiger charge is 2.09. The number of aromatic nitrogens is 1. The van der Waals surface area contributed by atoms with Crippen LogP contribution < -0.4 is 10.9 Å². The number of anilines is 1. The van der Waals surface area contributed by atoms with Crippen molar-refractivity contribution >= 4 is 27.4 Å². The molecule has 66 valence electrons. The summed E-state index contributed by atoms with van der Waals surface area (Å²) in [6.45, 7) is 0. The van der Waals surface area contributed by atoms with E-state index in [2.05, 4.69) is 4.98 Å². The van der Waals surface area contributed by atoms with E-state index in [4.69, 9.17) is 22.5 Å². The fourth-order valence-electron chi connectivity index (χ4n) is 0.587. The number of hydrogen-bond donors (Lipinski definition) is 2. The van der Waals surface area contributed by atoms with E-state index in [1.54, 1.807) is 0 Å². The lowest BCUT2D eigenvalue weighted by Crippen LogP contribution is -2.12. The standard InChI is InChI=1S/C5H6ClN3O2S/c6-4-1-3(12(8,10)11)2-9-5(4)7/h1-2H,(H2,7,9)(H2,8,10,11). The van der Waals surface area contributed by atoms with Crippen molar-refractivity contribution in [3.8, 4) is 0 Å². The van der Waals surface area contributed by atoms with Crippen LogP contribution in [0.1, 0.15) is 0 Å². The third-order valence-electron chi connectivity index (χ3n) is 1.17. The monoisotopic (exact) mass is 207 g/mol. The van der Waals surface area contributed by atoms with E-state index in [1.165, 1.54) is 0 Å². The number of primary sulfonamides is 1. The van der Waals surface area contributed by atoms with E-state index >= 15 is 0 Å². The molecule has 4 N–H and O–H groups in total. The topological polar surface area (TPSA) is 99.1 Å². The number of nitrogens with zero attached hydrogens (tertiary/aromatic N) is 1. The van der Waals surface area contributed by atoms with Crippen LogP contribution >= 0.6 is 11.6 Å². The molecule has 1 rings (SSSR count). The van der Waals surface area contributed by atoms with Gasteiger partial charge in [-0.2, -0.15) is 0 Å². The zero-order valence-corrected chi connectivity index (χ0v) is 7.43. The molecule has 12 heavy (non-hydrogen) atoms. The second kappa shape index (κ2) is 2.89. The van der Waals surface area contributed by atoms with Gasteiger partial charge < -0.3 is 5.73 Å². The molecule has 0 atom stereocenters. The molecule has 0 aromatic carbocycles. The Hall–Kier alpha value is -0.850. The highest BCUT2D eigenvalue weighted by atomic mass is 35.5. The van der Waals surface area contributed by atoms with Crippen molar-refractivity contribution in [1.82, 2.24) is 4.98 Å². The van der Waals surface area contributed by atoms with E-state index in [-0.39, 0.29) is 15.7 Å². The zero-order valence-electron chi connectivity index (χ0n) is 5.86. The second-order valence-electron chi connectivity index (χ2n) is 2.08. The first-order valence-corrected chi connectivity index (χ1v) is 4.77. The van der Waals surface area contributed by atoms with E-state index < -0.39 is 10.0 Å². The number of nitrogens with two attached hydrogens (primary N) is 2. The third kappa shape index (κ3) is 1.84. The molecule has 0 unspecified atom stereocenters. The van der Waals surface area contributed by atoms with Crippen LogP contribution in [0, 0.1) is 0 Å². The van der Waals surface area contributed by atoms with Gasteiger partial charge in [-0.1, -0.05) is 11.6 Å². The van der Waals surface area contributed by atoms with Gasteiger partial charge in [0.05, 0.1) is 5.02 Å². The SMILES string of the molecule is Nc1ncc(S(N)(=O)=O)cc1Cl. The van der Waals surface area contributed by atoms with E-state index in [0.717, 1.165) is 12.3 Å². The summed E-state index contributed by atoms with van der Waals surface area (Å²) in [4.78, 5) is 3.38. The number of hydrogen-bond acceptors (Lipinski definition) is 4. The van der Waals surface area contributed by atoms with Crippen LogP contribution in [0.4, 0.5) is 5.82 Å². The Morgan fingerprint density at radius 1 is 1.50 bits per heavy atom. The molecule has 0 aliphatic rings. The van der Waals surface area contributed by atoms with Crippen molar-refractivity contribution < 1.29 is 8.42 Å². The predicted molar refractivity (Wildman–Crippen MR) is 45.0 cm³/mol. The zero-order chi connectivity index (χ0) is 9.35. The molecular formula is C5H6ClN3O2S. The van der Waals surface area contributed by atoms with E-state index in [9.17, 15) is 8.42 Å². The van der Waals surface area contributed by atoms with Crippen LogP contribution in [0.2, 0.25) is 5.02 Å². The van der Waals surface area contributed by atoms with Gasteiger partial charge in [-0.05, 0) is 6.07 Å². The van der Waals surface area contributed by atoms with Gasteiger partial charge in [0.15, 0.2) is 0 Å². The maximum absolute atomic E-state index is 10.7. The van der Waals surface area contributed by atoms with Crippen molar-refractivity contribution in [2.24, 2.45) is 5.14 Å². The highest BCUT2D eigenvalue weighted by molar-refractivity contribution is 7.89. The molecule has 0 aliphatic carbocycles. The van der Waals surface area contributed by atoms with Crippen molar-refractivity contribution in [1.29, 1.82) is 0 Å². The minimum atomic E-state index is -3.74. The second-order valence-corrected chi connectivity index (χ2v) is 4.05. The van der Waals surface area contributed by atoms with Gasteiger partial charge in [-0.3, -0.25) is 0 Å². The largest absolute Gasteiger partial charge is 0.382 e. The quantitative estimate of drug-likeness (QED) is 0.675. The number of pyridine rings is 1. The average molecular weight is 208 g/mol.